The fraction of sp³-hybridized carbons (Fsp3) is 0.0625. The molecule has 0 aromatic heterocycles. The molecule has 36 heavy (non-hydrogen) atoms. The molecule has 0 fully saturated rings. The fourth-order valence-electron chi connectivity index (χ4n) is 5.35. The van der Waals surface area contributed by atoms with Gasteiger partial charge in [0.15, 0.2) is 28.5 Å². The van der Waals surface area contributed by atoms with Crippen molar-refractivity contribution in [3.8, 4) is 0 Å². The Morgan fingerprint density at radius 3 is 1.61 bits per heavy atom. The van der Waals surface area contributed by atoms with Gasteiger partial charge in [0.05, 0.1) is 0 Å². The summed E-state index contributed by atoms with van der Waals surface area (Å²) in [5.41, 5.74) is 1.52. The van der Waals surface area contributed by atoms with E-state index in [1.807, 2.05) is 42.5 Å². The quantitative estimate of drug-likeness (QED) is 0.366. The van der Waals surface area contributed by atoms with Crippen molar-refractivity contribution in [1.82, 2.24) is 0 Å². The molecule has 2 aliphatic carbocycles. The van der Waals surface area contributed by atoms with E-state index >= 15 is 0 Å². The zero-order valence-corrected chi connectivity index (χ0v) is 19.2. The molecule has 0 bridgehead atoms. The summed E-state index contributed by atoms with van der Waals surface area (Å²) in [5.74, 6) is -1.83. The number of Topliss-reactive ketones (excluding diaryl/α,β-unsaturated/α-hetero) is 3. The van der Waals surface area contributed by atoms with Crippen LogP contribution < -0.4 is 0 Å². The summed E-state index contributed by atoms with van der Waals surface area (Å²) < 4.78 is 0. The smallest absolute Gasteiger partial charge is 0.191 e. The van der Waals surface area contributed by atoms with E-state index in [4.69, 9.17) is 0 Å². The molecule has 0 unspecified atom stereocenters. The number of rotatable bonds is 4. The Balaban J connectivity index is 1.53. The molecular formula is C32H20O4. The molecule has 0 radical (unpaired) electrons. The van der Waals surface area contributed by atoms with E-state index < -0.39 is 28.5 Å². The summed E-state index contributed by atoms with van der Waals surface area (Å²) in [6, 6.07) is 30.3. The highest BCUT2D eigenvalue weighted by Gasteiger charge is 2.59. The third-order valence-electron chi connectivity index (χ3n) is 7.10. The highest BCUT2D eigenvalue weighted by atomic mass is 16.2. The van der Waals surface area contributed by atoms with Crippen LogP contribution in [0.1, 0.15) is 58.1 Å². The molecule has 0 spiro atoms. The Kier molecular flexibility index (Phi) is 4.97. The fourth-order valence-corrected chi connectivity index (χ4v) is 5.35. The van der Waals surface area contributed by atoms with E-state index in [0.29, 0.717) is 12.0 Å². The van der Waals surface area contributed by atoms with Crippen molar-refractivity contribution in [2.24, 2.45) is 0 Å². The van der Waals surface area contributed by atoms with Crippen molar-refractivity contribution >= 4 is 23.1 Å². The van der Waals surface area contributed by atoms with Crippen molar-refractivity contribution in [2.75, 3.05) is 0 Å². The van der Waals surface area contributed by atoms with Crippen LogP contribution in [0, 0.1) is 0 Å². The molecule has 0 heterocycles. The average molecular weight is 469 g/mol. The number of allylic oxidation sites excluding steroid dienone is 2. The first kappa shape index (κ1) is 21.8. The van der Waals surface area contributed by atoms with Crippen LogP contribution in [0.4, 0.5) is 0 Å². The van der Waals surface area contributed by atoms with Gasteiger partial charge in [-0.2, -0.15) is 0 Å². The first-order chi connectivity index (χ1) is 17.5. The number of fused-ring (bicyclic) bond motifs is 2. The van der Waals surface area contributed by atoms with Crippen LogP contribution >= 0.6 is 0 Å². The Morgan fingerprint density at radius 2 is 1.00 bits per heavy atom. The van der Waals surface area contributed by atoms with Gasteiger partial charge >= 0.3 is 0 Å². The van der Waals surface area contributed by atoms with Gasteiger partial charge in [-0.25, -0.2) is 0 Å². The standard InChI is InChI=1S/C32H20O4/c33-28-19-27(29(34)24-11-5-4-10-23(24)28)32(30(35)25-12-6-7-13-26(25)31(32)36)22-16-14-21(15-17-22)18-20-8-2-1-3-9-20/h1-17,19H,18H2. The maximum absolute atomic E-state index is 14.0. The molecule has 4 heteroatoms. The summed E-state index contributed by atoms with van der Waals surface area (Å²) in [5, 5.41) is 0. The minimum absolute atomic E-state index is 0.0896. The van der Waals surface area contributed by atoms with Gasteiger partial charge in [0.2, 0.25) is 0 Å². The Bertz CT molecular complexity index is 1570. The van der Waals surface area contributed by atoms with E-state index in [2.05, 4.69) is 0 Å². The molecule has 2 aliphatic rings. The van der Waals surface area contributed by atoms with Crippen LogP contribution in [0.3, 0.4) is 0 Å². The normalized spacial score (nSPS) is 15.9. The van der Waals surface area contributed by atoms with Crippen molar-refractivity contribution in [3.63, 3.8) is 0 Å². The van der Waals surface area contributed by atoms with E-state index in [0.717, 1.165) is 11.1 Å². The second-order valence-electron chi connectivity index (χ2n) is 9.11. The van der Waals surface area contributed by atoms with Crippen LogP contribution in [0.15, 0.2) is 115 Å². The van der Waals surface area contributed by atoms with Gasteiger partial charge in [0, 0.05) is 27.8 Å². The van der Waals surface area contributed by atoms with Gasteiger partial charge in [0.25, 0.3) is 0 Å². The summed E-state index contributed by atoms with van der Waals surface area (Å²) in [4.78, 5) is 54.9. The second kappa shape index (κ2) is 8.21. The van der Waals surface area contributed by atoms with E-state index in [1.165, 1.54) is 6.08 Å². The lowest BCUT2D eigenvalue weighted by atomic mass is 9.66. The number of carbonyl (C=O) groups excluding carboxylic acids is 4. The van der Waals surface area contributed by atoms with Crippen molar-refractivity contribution in [2.45, 2.75) is 11.8 Å². The minimum atomic E-state index is -1.91. The van der Waals surface area contributed by atoms with E-state index in [9.17, 15) is 19.2 Å². The molecule has 0 aliphatic heterocycles. The number of benzene rings is 4. The average Bonchev–Trinajstić information content (AvgIpc) is 3.14. The first-order valence-corrected chi connectivity index (χ1v) is 11.7. The Morgan fingerprint density at radius 1 is 0.500 bits per heavy atom. The molecule has 0 saturated heterocycles. The van der Waals surface area contributed by atoms with Crippen molar-refractivity contribution < 1.29 is 19.2 Å². The highest BCUT2D eigenvalue weighted by molar-refractivity contribution is 6.41. The van der Waals surface area contributed by atoms with Crippen molar-refractivity contribution in [1.29, 1.82) is 0 Å². The minimum Gasteiger partial charge on any atom is -0.292 e. The predicted octanol–water partition coefficient (Wildman–Crippen LogP) is 5.60. The van der Waals surface area contributed by atoms with Crippen LogP contribution in [-0.4, -0.2) is 23.1 Å². The molecule has 4 aromatic rings. The molecule has 0 saturated carbocycles. The maximum Gasteiger partial charge on any atom is 0.191 e. The Hall–Kier alpha value is -4.70. The van der Waals surface area contributed by atoms with Gasteiger partial charge in [-0.3, -0.25) is 19.2 Å². The zero-order chi connectivity index (χ0) is 24.9. The van der Waals surface area contributed by atoms with Crippen LogP contribution in [-0.2, 0) is 11.8 Å². The predicted molar refractivity (Wildman–Crippen MR) is 136 cm³/mol. The molecule has 4 aromatic carbocycles. The lowest BCUT2D eigenvalue weighted by Gasteiger charge is -2.31. The van der Waals surface area contributed by atoms with Crippen molar-refractivity contribution in [3.05, 3.63) is 154 Å². The number of hydrogen-bond donors (Lipinski definition) is 0. The maximum atomic E-state index is 14.0. The molecule has 0 amide bonds. The van der Waals surface area contributed by atoms with Crippen LogP contribution in [0.25, 0.3) is 0 Å². The van der Waals surface area contributed by atoms with E-state index in [-0.39, 0.29) is 27.8 Å². The second-order valence-corrected chi connectivity index (χ2v) is 9.11. The summed E-state index contributed by atoms with van der Waals surface area (Å²) in [7, 11) is 0. The highest BCUT2D eigenvalue weighted by Crippen LogP contribution is 2.47. The third-order valence-corrected chi connectivity index (χ3v) is 7.10. The monoisotopic (exact) mass is 468 g/mol. The molecule has 0 atom stereocenters. The largest absolute Gasteiger partial charge is 0.292 e. The van der Waals surface area contributed by atoms with Gasteiger partial charge < -0.3 is 0 Å². The summed E-state index contributed by atoms with van der Waals surface area (Å²) in [6.07, 6.45) is 1.87. The molecule has 0 N–H and O–H groups in total. The summed E-state index contributed by atoms with van der Waals surface area (Å²) >= 11 is 0. The summed E-state index contributed by atoms with van der Waals surface area (Å²) in [6.45, 7) is 0. The SMILES string of the molecule is O=C1C=C(C2(c3ccc(Cc4ccccc4)cc3)C(=O)c3ccccc3C2=O)C(=O)c2ccccc21. The number of carbonyl (C=O) groups is 4. The van der Waals surface area contributed by atoms with Crippen LogP contribution in [0.5, 0.6) is 0 Å². The van der Waals surface area contributed by atoms with Crippen LogP contribution in [0.2, 0.25) is 0 Å². The first-order valence-electron chi connectivity index (χ1n) is 11.7. The molecule has 172 valence electrons. The Labute approximate surface area is 207 Å². The van der Waals surface area contributed by atoms with Gasteiger partial charge in [-0.15, -0.1) is 0 Å². The number of ketones is 4. The third kappa shape index (κ3) is 3.08. The molecule has 4 nitrogen and oxygen atoms in total. The molecule has 6 rings (SSSR count). The lowest BCUT2D eigenvalue weighted by Crippen LogP contribution is -2.44. The van der Waals surface area contributed by atoms with E-state index in [1.54, 1.807) is 60.7 Å². The van der Waals surface area contributed by atoms with Gasteiger partial charge in [-0.1, -0.05) is 103 Å². The lowest BCUT2D eigenvalue weighted by molar-refractivity contribution is 0.0797. The number of hydrogen-bond acceptors (Lipinski definition) is 4. The van der Waals surface area contributed by atoms with Gasteiger partial charge in [0.1, 0.15) is 0 Å². The topological polar surface area (TPSA) is 68.3 Å². The zero-order valence-electron chi connectivity index (χ0n) is 19.2. The van der Waals surface area contributed by atoms with Gasteiger partial charge in [-0.05, 0) is 29.2 Å². The molecular weight excluding hydrogens is 448 g/mol.